The Bertz CT molecular complexity index is 619. The quantitative estimate of drug-likeness (QED) is 0.898. The number of aryl methyl sites for hydroxylation is 2. The SMILES string of the molecule is Cc1ccc(C(O)(CC(=O)O)c2ccccc2)c(C)c1. The first kappa shape index (κ1) is 14.3. The summed E-state index contributed by atoms with van der Waals surface area (Å²) in [7, 11) is 0. The molecule has 0 saturated heterocycles. The van der Waals surface area contributed by atoms with Crippen LogP contribution in [0.2, 0.25) is 0 Å². The summed E-state index contributed by atoms with van der Waals surface area (Å²) in [4.78, 5) is 11.2. The fourth-order valence-corrected chi connectivity index (χ4v) is 2.56. The van der Waals surface area contributed by atoms with E-state index in [0.29, 0.717) is 11.1 Å². The van der Waals surface area contributed by atoms with Gasteiger partial charge in [-0.15, -0.1) is 0 Å². The van der Waals surface area contributed by atoms with Crippen LogP contribution in [0.3, 0.4) is 0 Å². The molecule has 0 aliphatic heterocycles. The molecule has 0 heterocycles. The zero-order chi connectivity index (χ0) is 14.8. The topological polar surface area (TPSA) is 57.5 Å². The van der Waals surface area contributed by atoms with Gasteiger partial charge in [0, 0.05) is 0 Å². The first-order valence-corrected chi connectivity index (χ1v) is 6.51. The van der Waals surface area contributed by atoms with Crippen LogP contribution in [0.15, 0.2) is 48.5 Å². The maximum atomic E-state index is 11.2. The minimum Gasteiger partial charge on any atom is -0.481 e. The number of carbonyl (C=O) groups is 1. The number of carboxylic acid groups (broad SMARTS) is 1. The number of aliphatic carboxylic acids is 1. The Labute approximate surface area is 118 Å². The summed E-state index contributed by atoms with van der Waals surface area (Å²) >= 11 is 0. The molecule has 0 spiro atoms. The Kier molecular flexibility index (Phi) is 3.91. The molecule has 3 nitrogen and oxygen atoms in total. The van der Waals surface area contributed by atoms with Crippen molar-refractivity contribution in [3.8, 4) is 0 Å². The van der Waals surface area contributed by atoms with Crippen molar-refractivity contribution in [2.24, 2.45) is 0 Å². The van der Waals surface area contributed by atoms with E-state index in [2.05, 4.69) is 0 Å². The minimum absolute atomic E-state index is 0.360. The summed E-state index contributed by atoms with van der Waals surface area (Å²) in [6.45, 7) is 3.85. The van der Waals surface area contributed by atoms with Gasteiger partial charge in [-0.25, -0.2) is 0 Å². The van der Waals surface area contributed by atoms with E-state index in [9.17, 15) is 9.90 Å². The Morgan fingerprint density at radius 1 is 1.10 bits per heavy atom. The van der Waals surface area contributed by atoms with Gasteiger partial charge in [0.05, 0.1) is 6.42 Å². The van der Waals surface area contributed by atoms with E-state index in [1.807, 2.05) is 32.0 Å². The highest BCUT2D eigenvalue weighted by Gasteiger charge is 2.35. The number of hydrogen-bond donors (Lipinski definition) is 2. The zero-order valence-corrected chi connectivity index (χ0v) is 11.6. The van der Waals surface area contributed by atoms with Crippen molar-refractivity contribution in [2.45, 2.75) is 25.9 Å². The maximum Gasteiger partial charge on any atom is 0.306 e. The van der Waals surface area contributed by atoms with Gasteiger partial charge in [-0.05, 0) is 30.5 Å². The van der Waals surface area contributed by atoms with E-state index in [-0.39, 0.29) is 6.42 Å². The van der Waals surface area contributed by atoms with Crippen molar-refractivity contribution in [2.75, 3.05) is 0 Å². The van der Waals surface area contributed by atoms with Gasteiger partial charge >= 0.3 is 5.97 Å². The second-order valence-corrected chi connectivity index (χ2v) is 5.12. The molecule has 2 aromatic rings. The van der Waals surface area contributed by atoms with E-state index < -0.39 is 11.6 Å². The number of rotatable bonds is 4. The smallest absolute Gasteiger partial charge is 0.306 e. The van der Waals surface area contributed by atoms with Crippen LogP contribution in [0.25, 0.3) is 0 Å². The monoisotopic (exact) mass is 270 g/mol. The number of carboxylic acids is 1. The fourth-order valence-electron chi connectivity index (χ4n) is 2.56. The van der Waals surface area contributed by atoms with Crippen molar-refractivity contribution in [3.05, 3.63) is 70.8 Å². The van der Waals surface area contributed by atoms with Crippen LogP contribution in [-0.2, 0) is 10.4 Å². The molecule has 2 rings (SSSR count). The molecule has 0 radical (unpaired) electrons. The normalized spacial score (nSPS) is 13.8. The number of aliphatic hydroxyl groups is 1. The van der Waals surface area contributed by atoms with Gasteiger partial charge < -0.3 is 10.2 Å². The molecule has 1 unspecified atom stereocenters. The van der Waals surface area contributed by atoms with Gasteiger partial charge in [0.15, 0.2) is 0 Å². The molecular formula is C17H18O3. The Morgan fingerprint density at radius 3 is 2.30 bits per heavy atom. The fraction of sp³-hybridized carbons (Fsp3) is 0.235. The molecule has 0 saturated carbocycles. The van der Waals surface area contributed by atoms with Gasteiger partial charge in [0.2, 0.25) is 0 Å². The molecule has 0 aliphatic rings. The van der Waals surface area contributed by atoms with Crippen molar-refractivity contribution < 1.29 is 15.0 Å². The molecule has 2 aromatic carbocycles. The summed E-state index contributed by atoms with van der Waals surface area (Å²) in [6, 6.07) is 14.6. The molecule has 1 atom stereocenters. The summed E-state index contributed by atoms with van der Waals surface area (Å²) < 4.78 is 0. The van der Waals surface area contributed by atoms with Crippen molar-refractivity contribution in [1.29, 1.82) is 0 Å². The van der Waals surface area contributed by atoms with Crippen LogP contribution in [0.4, 0.5) is 0 Å². The lowest BCUT2D eigenvalue weighted by Crippen LogP contribution is -2.31. The van der Waals surface area contributed by atoms with E-state index >= 15 is 0 Å². The number of benzene rings is 2. The van der Waals surface area contributed by atoms with Crippen LogP contribution >= 0.6 is 0 Å². The van der Waals surface area contributed by atoms with Crippen LogP contribution in [-0.4, -0.2) is 16.2 Å². The standard InChI is InChI=1S/C17H18O3/c1-12-8-9-15(13(2)10-12)17(20,11-16(18)19)14-6-4-3-5-7-14/h3-10,20H,11H2,1-2H3,(H,18,19). The molecule has 3 heteroatoms. The lowest BCUT2D eigenvalue weighted by atomic mass is 9.81. The average Bonchev–Trinajstić information content (AvgIpc) is 2.38. The first-order valence-electron chi connectivity index (χ1n) is 6.51. The van der Waals surface area contributed by atoms with Gasteiger partial charge in [-0.1, -0.05) is 54.1 Å². The van der Waals surface area contributed by atoms with Gasteiger partial charge in [0.25, 0.3) is 0 Å². The third kappa shape index (κ3) is 2.73. The van der Waals surface area contributed by atoms with Crippen molar-refractivity contribution in [1.82, 2.24) is 0 Å². The Balaban J connectivity index is 2.60. The third-order valence-corrected chi connectivity index (χ3v) is 3.49. The molecule has 0 fully saturated rings. The molecule has 0 aliphatic carbocycles. The van der Waals surface area contributed by atoms with Gasteiger partial charge in [-0.3, -0.25) is 4.79 Å². The van der Waals surface area contributed by atoms with E-state index in [1.165, 1.54) is 0 Å². The summed E-state index contributed by atoms with van der Waals surface area (Å²) in [5, 5.41) is 20.2. The predicted molar refractivity (Wildman–Crippen MR) is 77.6 cm³/mol. The van der Waals surface area contributed by atoms with Crippen molar-refractivity contribution >= 4 is 5.97 Å². The molecule has 20 heavy (non-hydrogen) atoms. The van der Waals surface area contributed by atoms with Crippen LogP contribution in [0.5, 0.6) is 0 Å². The highest BCUT2D eigenvalue weighted by molar-refractivity contribution is 5.70. The first-order chi connectivity index (χ1) is 9.43. The minimum atomic E-state index is -1.51. The summed E-state index contributed by atoms with van der Waals surface area (Å²) in [5.41, 5.74) is 1.69. The number of hydrogen-bond acceptors (Lipinski definition) is 2. The van der Waals surface area contributed by atoms with Crippen LogP contribution in [0, 0.1) is 13.8 Å². The third-order valence-electron chi connectivity index (χ3n) is 3.49. The molecule has 104 valence electrons. The second kappa shape index (κ2) is 5.47. The Hall–Kier alpha value is -2.13. The molecule has 0 amide bonds. The second-order valence-electron chi connectivity index (χ2n) is 5.12. The summed E-state index contributed by atoms with van der Waals surface area (Å²) in [6.07, 6.45) is -0.360. The van der Waals surface area contributed by atoms with Crippen LogP contribution < -0.4 is 0 Å². The van der Waals surface area contributed by atoms with Crippen LogP contribution in [0.1, 0.15) is 28.7 Å². The molecule has 2 N–H and O–H groups in total. The highest BCUT2D eigenvalue weighted by atomic mass is 16.4. The van der Waals surface area contributed by atoms with E-state index in [4.69, 9.17) is 5.11 Å². The lowest BCUT2D eigenvalue weighted by Gasteiger charge is -2.29. The Morgan fingerprint density at radius 2 is 1.75 bits per heavy atom. The maximum absolute atomic E-state index is 11.2. The van der Waals surface area contributed by atoms with Crippen molar-refractivity contribution in [3.63, 3.8) is 0 Å². The predicted octanol–water partition coefficient (Wildman–Crippen LogP) is 3.01. The van der Waals surface area contributed by atoms with Gasteiger partial charge in [0.1, 0.15) is 5.60 Å². The average molecular weight is 270 g/mol. The molecule has 0 aromatic heterocycles. The molecule has 0 bridgehead atoms. The van der Waals surface area contributed by atoms with E-state index in [0.717, 1.165) is 11.1 Å². The zero-order valence-electron chi connectivity index (χ0n) is 11.6. The molecular weight excluding hydrogens is 252 g/mol. The summed E-state index contributed by atoms with van der Waals surface area (Å²) in [5.74, 6) is -1.03. The van der Waals surface area contributed by atoms with Gasteiger partial charge in [-0.2, -0.15) is 0 Å². The lowest BCUT2D eigenvalue weighted by molar-refractivity contribution is -0.141. The largest absolute Gasteiger partial charge is 0.481 e. The highest BCUT2D eigenvalue weighted by Crippen LogP contribution is 2.35. The van der Waals surface area contributed by atoms with E-state index in [1.54, 1.807) is 30.3 Å².